The number of aryl methyl sites for hydroxylation is 8. The number of primary amides is 1. The first-order valence-electron chi connectivity index (χ1n) is 31.1. The van der Waals surface area contributed by atoms with Crippen LogP contribution in [0, 0.1) is 50.4 Å². The van der Waals surface area contributed by atoms with Gasteiger partial charge in [0.2, 0.25) is 21.1 Å². The maximum atomic E-state index is 13.0. The third-order valence-electron chi connectivity index (χ3n) is 16.7. The van der Waals surface area contributed by atoms with Gasteiger partial charge in [-0.3, -0.25) is 42.2 Å². The highest BCUT2D eigenvalue weighted by atomic mass is 36.0. The predicted molar refractivity (Wildman–Crippen MR) is 407 cm³/mol. The molecule has 0 saturated carbocycles. The number of halogens is 2. The van der Waals surface area contributed by atoms with Gasteiger partial charge in [-0.05, 0) is 177 Å². The molecule has 1 fully saturated rings. The Kier molecular flexibility index (Phi) is 25.3. The number of carbonyl (C=O) groups excluding carboxylic acids is 1. The Morgan fingerprint density at radius 1 is 0.515 bits per heavy atom. The molecule has 4 aromatic carbocycles. The highest BCUT2D eigenvalue weighted by Crippen LogP contribution is 2.30. The number of aromatic nitrogens is 12. The first-order chi connectivity index (χ1) is 49.2. The Labute approximate surface area is 613 Å². The second kappa shape index (κ2) is 34.0. The maximum absolute atomic E-state index is 13.0. The first-order valence-corrected chi connectivity index (χ1v) is 37.6. The van der Waals surface area contributed by atoms with Crippen LogP contribution in [0.2, 0.25) is 0 Å². The van der Waals surface area contributed by atoms with E-state index in [2.05, 4.69) is 78.7 Å². The highest BCUT2D eigenvalue weighted by molar-refractivity contribution is 8.26. The number of nitrogens with one attached hydrogen (secondary N) is 1. The van der Waals surface area contributed by atoms with Gasteiger partial charge in [-0.25, -0.2) is 43.9 Å². The molecule has 0 radical (unpaired) electrons. The molecule has 12 aromatic rings. The molecular formula is C72H66Cl2N16O9S4. The number of benzene rings is 4. The predicted octanol–water partition coefficient (Wildman–Crippen LogP) is 11.6. The van der Waals surface area contributed by atoms with E-state index in [1.165, 1.54) is 61.1 Å². The van der Waals surface area contributed by atoms with E-state index >= 15 is 0 Å². The minimum Gasteiger partial charge on any atom is -0.478 e. The summed E-state index contributed by atoms with van der Waals surface area (Å²) in [6, 6.07) is 32.1. The van der Waals surface area contributed by atoms with Gasteiger partial charge < -0.3 is 20.9 Å². The number of nitrogens with zero attached hydrogens (tertiary/aromatic N) is 14. The number of pyridine rings is 4. The van der Waals surface area contributed by atoms with Crippen molar-refractivity contribution >= 4 is 128 Å². The summed E-state index contributed by atoms with van der Waals surface area (Å²) < 4.78 is 20.5. The molecule has 13 rings (SSSR count). The molecule has 31 heteroatoms. The van der Waals surface area contributed by atoms with E-state index in [9.17, 15) is 39.1 Å². The molecule has 1 amide bonds. The van der Waals surface area contributed by atoms with Crippen LogP contribution < -0.4 is 33.3 Å². The van der Waals surface area contributed by atoms with Crippen molar-refractivity contribution in [2.45, 2.75) is 62.0 Å². The number of aromatic carboxylic acids is 1. The normalized spacial score (nSPS) is 11.8. The molecule has 1 aliphatic rings. The second-order valence-corrected chi connectivity index (χ2v) is 28.1. The number of carbonyl (C=O) groups is 2. The topological polar surface area (TPSA) is 357 Å². The van der Waals surface area contributed by atoms with E-state index in [1.807, 2.05) is 58.6 Å². The second-order valence-electron chi connectivity index (χ2n) is 23.3. The van der Waals surface area contributed by atoms with Crippen LogP contribution in [0.1, 0.15) is 66.9 Å². The summed E-state index contributed by atoms with van der Waals surface area (Å²) in [5.41, 5.74) is 17.0. The lowest BCUT2D eigenvalue weighted by Crippen LogP contribution is -2.29. The van der Waals surface area contributed by atoms with Gasteiger partial charge in [-0.15, -0.1) is 0 Å². The molecule has 8 aromatic heterocycles. The average Bonchev–Trinajstić information content (AvgIpc) is 0.792. The molecule has 0 spiro atoms. The number of amides is 1. The monoisotopic (exact) mass is 1500 g/mol. The molecule has 103 heavy (non-hydrogen) atoms. The summed E-state index contributed by atoms with van der Waals surface area (Å²) in [4.78, 5) is 109. The van der Waals surface area contributed by atoms with E-state index in [0.717, 1.165) is 81.0 Å². The molecule has 9 heterocycles. The van der Waals surface area contributed by atoms with Crippen molar-refractivity contribution in [3.05, 3.63) is 208 Å². The largest absolute Gasteiger partial charge is 0.478 e. The van der Waals surface area contributed by atoms with Gasteiger partial charge in [0.15, 0.2) is 15.5 Å². The number of nitriles is 2. The molecule has 4 N–H and O–H groups in total. The van der Waals surface area contributed by atoms with E-state index in [1.54, 1.807) is 130 Å². The molecular weight excluding hydrogens is 1430 g/mol. The number of carboxylic acid groups (broad SMARTS) is 1. The number of fused-ring (bicyclic) bond motifs is 4. The molecule has 1 saturated heterocycles. The third kappa shape index (κ3) is 17.7. The standard InChI is InChI=1S/C21H21N5O2.C17H16N4O2S.C17H14N4OS.C17H15N3O3S.Cl2OS/c1-13-3-4-14(11-22)9-17(13)18-10-15-12-23-21(24-16-5-7-28-8-6-16)25-19(15)26(2)20(18)27;1-9-4-5-10(14(18)22)6-12(9)13-7-11-8-19-17(24-3)20-15(11)21(2)16(13)23;1-10-4-5-11(8-18)6-13(10)14-7-12-9-19-17(23-3)20-15(12)21(2)16(14)22;1-9-4-5-10(16(22)23)6-12(9)13-7-11-8-18-17(24-3)19-14(11)20(2)15(13)21;1-4(2)3/h3-4,9-10,12,16H,5-8H2,1-2H3,(H,23,24,25);4-8H,1-3H3,(H2,18,22);4-7,9H,1-3H3;4-8H,1-3H3,(H,22,23);. The summed E-state index contributed by atoms with van der Waals surface area (Å²) in [6.45, 7) is 9.04. The summed E-state index contributed by atoms with van der Waals surface area (Å²) >= 11 is 4.25. The SMILES string of the molecule is CSc1ncc2cc(-c3cc(C#N)ccc3C)c(=O)n(C)c2n1.CSc1ncc2cc(-c3cc(C(=O)O)ccc3C)c(=O)n(C)c2n1.CSc1ncc2cc(-c3cc(C(N)=O)ccc3C)c(=O)n(C)c2n1.Cc1ccc(C#N)cc1-c1cc2cnc(NC3CCOCC3)nc2n(C)c1=O.O=S(Cl)Cl. The number of rotatable bonds is 11. The van der Waals surface area contributed by atoms with Gasteiger partial charge in [0.1, 0.15) is 22.6 Å². The number of nitrogens with two attached hydrogens (primary N) is 1. The number of thioether (sulfide) groups is 3. The van der Waals surface area contributed by atoms with Crippen molar-refractivity contribution in [2.75, 3.05) is 37.3 Å². The van der Waals surface area contributed by atoms with Gasteiger partial charge >= 0.3 is 5.97 Å². The van der Waals surface area contributed by atoms with Crippen molar-refractivity contribution < 1.29 is 23.6 Å². The zero-order valence-electron chi connectivity index (χ0n) is 57.4. The number of carboxylic acids is 1. The van der Waals surface area contributed by atoms with Crippen LogP contribution in [0.5, 0.6) is 0 Å². The summed E-state index contributed by atoms with van der Waals surface area (Å²) in [5.74, 6) is -1.03. The van der Waals surface area contributed by atoms with Crippen molar-refractivity contribution in [1.82, 2.24) is 58.1 Å². The molecule has 0 bridgehead atoms. The van der Waals surface area contributed by atoms with Gasteiger partial charge in [0, 0.05) is 143 Å². The van der Waals surface area contributed by atoms with Crippen LogP contribution in [0.15, 0.2) is 156 Å². The molecule has 526 valence electrons. The van der Waals surface area contributed by atoms with Crippen LogP contribution in [-0.4, -0.2) is 117 Å². The fraction of sp³-hybridized carbons (Fsp3) is 0.222. The minimum atomic E-state index is -1.67. The summed E-state index contributed by atoms with van der Waals surface area (Å²) in [6.07, 6.45) is 14.3. The lowest BCUT2D eigenvalue weighted by Gasteiger charge is -2.23. The summed E-state index contributed by atoms with van der Waals surface area (Å²) in [5, 5.41) is 35.7. The fourth-order valence-corrected chi connectivity index (χ4v) is 12.2. The Hall–Kier alpha value is -10.5. The number of anilines is 1. The third-order valence-corrected chi connectivity index (χ3v) is 18.4. The molecule has 25 nitrogen and oxygen atoms in total. The number of hydrogen-bond acceptors (Lipinski definition) is 22. The van der Waals surface area contributed by atoms with E-state index < -0.39 is 21.1 Å². The lowest BCUT2D eigenvalue weighted by atomic mass is 9.98. The van der Waals surface area contributed by atoms with Crippen molar-refractivity contribution in [1.29, 1.82) is 10.5 Å². The minimum absolute atomic E-state index is 0.138. The van der Waals surface area contributed by atoms with Gasteiger partial charge in [-0.2, -0.15) is 15.5 Å². The van der Waals surface area contributed by atoms with Gasteiger partial charge in [-0.1, -0.05) is 59.6 Å². The molecule has 0 unspecified atom stereocenters. The van der Waals surface area contributed by atoms with Crippen molar-refractivity contribution in [2.24, 2.45) is 33.9 Å². The first kappa shape index (κ1) is 76.7. The van der Waals surface area contributed by atoms with Crippen LogP contribution in [0.3, 0.4) is 0 Å². The van der Waals surface area contributed by atoms with E-state index in [4.69, 9.17) is 19.9 Å². The molecule has 0 aliphatic carbocycles. The van der Waals surface area contributed by atoms with Crippen molar-refractivity contribution in [3.8, 4) is 56.6 Å². The number of ether oxygens (including phenoxy) is 1. The summed E-state index contributed by atoms with van der Waals surface area (Å²) in [7, 11) is 14.1. The van der Waals surface area contributed by atoms with E-state index in [-0.39, 0.29) is 33.8 Å². The highest BCUT2D eigenvalue weighted by Gasteiger charge is 2.21. The Morgan fingerprint density at radius 2 is 0.825 bits per heavy atom. The fourth-order valence-electron chi connectivity index (χ4n) is 11.2. The quantitative estimate of drug-likeness (QED) is 0.0615. The Bertz CT molecular complexity index is 5550. The average molecular weight is 1500 g/mol. The molecule has 0 atom stereocenters. The van der Waals surface area contributed by atoms with Crippen LogP contribution in [-0.2, 0) is 42.2 Å². The number of hydrogen-bond donors (Lipinski definition) is 3. The zero-order chi connectivity index (χ0) is 74.7. The van der Waals surface area contributed by atoms with Gasteiger partial charge in [0.25, 0.3) is 22.2 Å². The van der Waals surface area contributed by atoms with Crippen LogP contribution in [0.4, 0.5) is 5.95 Å². The lowest BCUT2D eigenvalue weighted by molar-refractivity contribution is 0.0696. The van der Waals surface area contributed by atoms with Gasteiger partial charge in [0.05, 0.1) is 28.8 Å². The van der Waals surface area contributed by atoms with Crippen LogP contribution in [0.25, 0.3) is 88.6 Å². The van der Waals surface area contributed by atoms with Crippen molar-refractivity contribution in [3.63, 3.8) is 0 Å². The molecule has 1 aliphatic heterocycles. The van der Waals surface area contributed by atoms with E-state index in [0.29, 0.717) is 94.1 Å². The maximum Gasteiger partial charge on any atom is 0.335 e. The zero-order valence-corrected chi connectivity index (χ0v) is 62.2. The smallest absolute Gasteiger partial charge is 0.335 e. The Morgan fingerprint density at radius 3 is 1.16 bits per heavy atom. The van der Waals surface area contributed by atoms with Crippen LogP contribution >= 0.6 is 56.7 Å². The Balaban J connectivity index is 0.000000157.